The highest BCUT2D eigenvalue weighted by Crippen LogP contribution is 2.15. The number of benzene rings is 1. The Bertz CT molecular complexity index is 606. The van der Waals surface area contributed by atoms with Gasteiger partial charge in [0, 0.05) is 18.1 Å². The van der Waals surface area contributed by atoms with Gasteiger partial charge in [-0.25, -0.2) is 13.4 Å². The minimum absolute atomic E-state index is 0.127. The highest BCUT2D eigenvalue weighted by atomic mass is 32.2. The molecule has 1 aromatic heterocycles. The Labute approximate surface area is 107 Å². The van der Waals surface area contributed by atoms with Crippen molar-refractivity contribution >= 4 is 15.7 Å². The molecule has 0 unspecified atom stereocenters. The van der Waals surface area contributed by atoms with Crippen LogP contribution in [0.2, 0.25) is 0 Å². The molecule has 0 bridgehead atoms. The number of nitrogens with one attached hydrogen (secondary N) is 1. The molecule has 0 fully saturated rings. The summed E-state index contributed by atoms with van der Waals surface area (Å²) in [6.45, 7) is 1.83. The number of hydrogen-bond acceptors (Lipinski definition) is 3. The zero-order valence-electron chi connectivity index (χ0n) is 10.1. The van der Waals surface area contributed by atoms with Crippen molar-refractivity contribution in [2.24, 2.45) is 0 Å². The molecule has 0 aliphatic heterocycles. The Morgan fingerprint density at radius 1 is 1.39 bits per heavy atom. The molecule has 0 amide bonds. The molecular formula is C12H15N3O2S. The van der Waals surface area contributed by atoms with Crippen molar-refractivity contribution in [2.45, 2.75) is 13.3 Å². The lowest BCUT2D eigenvalue weighted by Gasteiger charge is -2.09. The Kier molecular flexibility index (Phi) is 3.66. The molecule has 0 atom stereocenters. The number of imidazole rings is 1. The van der Waals surface area contributed by atoms with Gasteiger partial charge in [-0.3, -0.25) is 4.72 Å². The van der Waals surface area contributed by atoms with E-state index in [0.29, 0.717) is 12.1 Å². The van der Waals surface area contributed by atoms with E-state index >= 15 is 0 Å². The molecule has 5 nitrogen and oxygen atoms in total. The number of anilines is 1. The number of sulfonamides is 1. The minimum atomic E-state index is -3.25. The van der Waals surface area contributed by atoms with Crippen molar-refractivity contribution in [1.82, 2.24) is 9.55 Å². The van der Waals surface area contributed by atoms with Gasteiger partial charge in [0.25, 0.3) is 0 Å². The van der Waals surface area contributed by atoms with E-state index in [1.165, 1.54) is 0 Å². The van der Waals surface area contributed by atoms with Gasteiger partial charge in [0.2, 0.25) is 10.0 Å². The molecule has 6 heteroatoms. The lowest BCUT2D eigenvalue weighted by Crippen LogP contribution is -2.16. The van der Waals surface area contributed by atoms with Crippen LogP contribution in [0, 0.1) is 0 Å². The van der Waals surface area contributed by atoms with Gasteiger partial charge in [-0.05, 0) is 24.6 Å². The van der Waals surface area contributed by atoms with Gasteiger partial charge in [0.1, 0.15) is 0 Å². The number of hydrogen-bond donors (Lipinski definition) is 1. The quantitative estimate of drug-likeness (QED) is 0.899. The third-order valence-electron chi connectivity index (χ3n) is 2.39. The summed E-state index contributed by atoms with van der Waals surface area (Å²) in [6.07, 6.45) is 5.74. The molecule has 96 valence electrons. The smallest absolute Gasteiger partial charge is 0.232 e. The second kappa shape index (κ2) is 5.22. The van der Waals surface area contributed by atoms with Gasteiger partial charge in [-0.1, -0.05) is 13.0 Å². The van der Waals surface area contributed by atoms with Crippen LogP contribution < -0.4 is 4.72 Å². The summed E-state index contributed by atoms with van der Waals surface area (Å²) in [5.74, 6) is 0.127. The van der Waals surface area contributed by atoms with Crippen molar-refractivity contribution in [3.05, 3.63) is 43.0 Å². The van der Waals surface area contributed by atoms with Crippen LogP contribution in [0.25, 0.3) is 5.69 Å². The first-order chi connectivity index (χ1) is 8.61. The van der Waals surface area contributed by atoms with Crippen molar-refractivity contribution < 1.29 is 8.42 Å². The summed E-state index contributed by atoms with van der Waals surface area (Å²) in [6, 6.07) is 7.20. The van der Waals surface area contributed by atoms with Crippen molar-refractivity contribution in [3.8, 4) is 5.69 Å². The highest BCUT2D eigenvalue weighted by molar-refractivity contribution is 7.92. The Morgan fingerprint density at radius 2 is 2.22 bits per heavy atom. The van der Waals surface area contributed by atoms with Crippen LogP contribution in [0.1, 0.15) is 13.3 Å². The average molecular weight is 265 g/mol. The minimum Gasteiger partial charge on any atom is -0.306 e. The van der Waals surface area contributed by atoms with Gasteiger partial charge in [0.05, 0.1) is 17.8 Å². The van der Waals surface area contributed by atoms with Gasteiger partial charge in [-0.15, -0.1) is 0 Å². The van der Waals surface area contributed by atoms with Gasteiger partial charge in [0.15, 0.2) is 0 Å². The molecule has 1 N–H and O–H groups in total. The molecule has 0 saturated carbocycles. The summed E-state index contributed by atoms with van der Waals surface area (Å²) in [7, 11) is -3.25. The zero-order valence-corrected chi connectivity index (χ0v) is 10.9. The summed E-state index contributed by atoms with van der Waals surface area (Å²) < 4.78 is 27.7. The van der Waals surface area contributed by atoms with Crippen molar-refractivity contribution in [3.63, 3.8) is 0 Å². The van der Waals surface area contributed by atoms with Crippen LogP contribution in [-0.2, 0) is 10.0 Å². The van der Waals surface area contributed by atoms with Crippen LogP contribution >= 0.6 is 0 Å². The summed E-state index contributed by atoms with van der Waals surface area (Å²) in [5, 5.41) is 0. The first kappa shape index (κ1) is 12.6. The maximum atomic E-state index is 11.7. The summed E-state index contributed by atoms with van der Waals surface area (Å²) in [5.41, 5.74) is 1.43. The van der Waals surface area contributed by atoms with E-state index in [1.807, 2.05) is 17.6 Å². The van der Waals surface area contributed by atoms with Crippen LogP contribution in [0.4, 0.5) is 5.69 Å². The topological polar surface area (TPSA) is 64.0 Å². The average Bonchev–Trinajstić information content (AvgIpc) is 2.81. The van der Waals surface area contributed by atoms with E-state index in [4.69, 9.17) is 0 Å². The molecule has 0 aliphatic carbocycles. The van der Waals surface area contributed by atoms with E-state index in [2.05, 4.69) is 9.71 Å². The zero-order chi connectivity index (χ0) is 13.0. The fourth-order valence-electron chi connectivity index (χ4n) is 1.64. The van der Waals surface area contributed by atoms with Crippen molar-refractivity contribution in [2.75, 3.05) is 10.5 Å². The fraction of sp³-hybridized carbons (Fsp3) is 0.250. The monoisotopic (exact) mass is 265 g/mol. The largest absolute Gasteiger partial charge is 0.306 e. The predicted octanol–water partition coefficient (Wildman–Crippen LogP) is 2.02. The van der Waals surface area contributed by atoms with Crippen LogP contribution in [-0.4, -0.2) is 23.7 Å². The van der Waals surface area contributed by atoms with Crippen LogP contribution in [0.15, 0.2) is 43.0 Å². The molecule has 1 heterocycles. The standard InChI is InChI=1S/C12H15N3O2S/c1-2-8-18(16,17)14-11-4-3-5-12(9-11)15-7-6-13-10-15/h3-7,9-10,14H,2,8H2,1H3. The van der Waals surface area contributed by atoms with Gasteiger partial charge >= 0.3 is 0 Å². The molecule has 0 saturated heterocycles. The number of nitrogens with zero attached hydrogens (tertiary/aromatic N) is 2. The number of aromatic nitrogens is 2. The second-order valence-corrected chi connectivity index (χ2v) is 5.78. The predicted molar refractivity (Wildman–Crippen MR) is 71.3 cm³/mol. The molecule has 1 aromatic carbocycles. The van der Waals surface area contributed by atoms with E-state index in [0.717, 1.165) is 5.69 Å². The lowest BCUT2D eigenvalue weighted by molar-refractivity contribution is 0.600. The maximum absolute atomic E-state index is 11.7. The molecule has 0 radical (unpaired) electrons. The maximum Gasteiger partial charge on any atom is 0.232 e. The molecule has 0 spiro atoms. The molecular weight excluding hydrogens is 250 g/mol. The molecule has 0 aliphatic rings. The van der Waals surface area contributed by atoms with E-state index in [1.54, 1.807) is 36.9 Å². The van der Waals surface area contributed by atoms with Gasteiger partial charge in [-0.2, -0.15) is 0 Å². The Morgan fingerprint density at radius 3 is 2.89 bits per heavy atom. The Balaban J connectivity index is 2.23. The molecule has 2 rings (SSSR count). The van der Waals surface area contributed by atoms with Crippen LogP contribution in [0.5, 0.6) is 0 Å². The van der Waals surface area contributed by atoms with E-state index < -0.39 is 10.0 Å². The normalized spacial score (nSPS) is 11.4. The third-order valence-corrected chi connectivity index (χ3v) is 3.89. The van der Waals surface area contributed by atoms with Crippen molar-refractivity contribution in [1.29, 1.82) is 0 Å². The summed E-state index contributed by atoms with van der Waals surface area (Å²) in [4.78, 5) is 3.96. The molecule has 18 heavy (non-hydrogen) atoms. The Hall–Kier alpha value is -1.82. The highest BCUT2D eigenvalue weighted by Gasteiger charge is 2.08. The van der Waals surface area contributed by atoms with Crippen LogP contribution in [0.3, 0.4) is 0 Å². The number of rotatable bonds is 5. The van der Waals surface area contributed by atoms with E-state index in [9.17, 15) is 8.42 Å². The van der Waals surface area contributed by atoms with E-state index in [-0.39, 0.29) is 5.75 Å². The molecule has 2 aromatic rings. The summed E-state index contributed by atoms with van der Waals surface area (Å²) >= 11 is 0. The first-order valence-corrected chi connectivity index (χ1v) is 7.35. The first-order valence-electron chi connectivity index (χ1n) is 5.69. The van der Waals surface area contributed by atoms with Gasteiger partial charge < -0.3 is 4.57 Å². The SMILES string of the molecule is CCCS(=O)(=O)Nc1cccc(-n2ccnc2)c1. The third kappa shape index (κ3) is 3.10. The fourth-order valence-corrected chi connectivity index (χ4v) is 2.77. The second-order valence-electron chi connectivity index (χ2n) is 3.94. The lowest BCUT2D eigenvalue weighted by atomic mass is 10.3.